The van der Waals surface area contributed by atoms with E-state index in [1.807, 2.05) is 0 Å². The van der Waals surface area contributed by atoms with Crippen LogP contribution in [0.4, 0.5) is 4.39 Å². The van der Waals surface area contributed by atoms with Gasteiger partial charge in [-0.2, -0.15) is 0 Å². The third-order valence-electron chi connectivity index (χ3n) is 2.01. The second-order valence-corrected chi connectivity index (χ2v) is 4.58. The maximum Gasteiger partial charge on any atom is 0.345 e. The van der Waals surface area contributed by atoms with Crippen molar-refractivity contribution in [2.24, 2.45) is 0 Å². The number of hydrogen-bond donors (Lipinski definition) is 1. The first-order valence-corrected chi connectivity index (χ1v) is 5.56. The molecule has 16 heavy (non-hydrogen) atoms. The van der Waals surface area contributed by atoms with Gasteiger partial charge in [0.05, 0.1) is 5.02 Å². The summed E-state index contributed by atoms with van der Waals surface area (Å²) < 4.78 is 12.8. The van der Waals surface area contributed by atoms with E-state index in [0.717, 1.165) is 11.3 Å². The summed E-state index contributed by atoms with van der Waals surface area (Å²) >= 11 is 6.98. The molecule has 0 saturated carbocycles. The lowest BCUT2D eigenvalue weighted by molar-refractivity contribution is 0.0702. The van der Waals surface area contributed by atoms with Crippen LogP contribution in [0.5, 0.6) is 0 Å². The van der Waals surface area contributed by atoms with E-state index in [9.17, 15) is 9.18 Å². The van der Waals surface area contributed by atoms with E-state index < -0.39 is 11.8 Å². The fourth-order valence-corrected chi connectivity index (χ4v) is 2.50. The predicted octanol–water partition coefficient (Wildman–Crippen LogP) is 3.91. The van der Waals surface area contributed by atoms with Gasteiger partial charge in [0.2, 0.25) is 0 Å². The molecule has 1 aromatic heterocycles. The number of hydrogen-bond acceptors (Lipinski definition) is 2. The lowest BCUT2D eigenvalue weighted by Crippen LogP contribution is -1.89. The Kier molecular flexibility index (Phi) is 2.94. The molecular weight excluding hydrogens is 251 g/mol. The second kappa shape index (κ2) is 4.23. The highest BCUT2D eigenvalue weighted by atomic mass is 35.5. The average Bonchev–Trinajstić information content (AvgIpc) is 2.66. The zero-order valence-electron chi connectivity index (χ0n) is 7.91. The zero-order chi connectivity index (χ0) is 11.7. The lowest BCUT2D eigenvalue weighted by atomic mass is 10.2. The van der Waals surface area contributed by atoms with E-state index in [2.05, 4.69) is 0 Å². The van der Waals surface area contributed by atoms with Gasteiger partial charge in [-0.15, -0.1) is 11.3 Å². The number of benzene rings is 1. The van der Waals surface area contributed by atoms with Crippen molar-refractivity contribution in [1.82, 2.24) is 0 Å². The van der Waals surface area contributed by atoms with E-state index in [0.29, 0.717) is 10.4 Å². The molecule has 0 atom stereocenters. The summed E-state index contributed by atoms with van der Waals surface area (Å²) in [5, 5.41) is 9.05. The highest BCUT2D eigenvalue weighted by molar-refractivity contribution is 7.17. The van der Waals surface area contributed by atoms with Gasteiger partial charge in [0, 0.05) is 10.4 Å². The standard InChI is InChI=1S/C11H6ClFO2S/c12-8-5-6(13)1-2-7(8)9-3-4-10(16-9)11(14)15/h1-5H,(H,14,15). The summed E-state index contributed by atoms with van der Waals surface area (Å²) in [6, 6.07) is 7.20. The third kappa shape index (κ3) is 2.08. The maximum absolute atomic E-state index is 12.8. The Morgan fingerprint density at radius 1 is 1.31 bits per heavy atom. The van der Waals surface area contributed by atoms with Crippen molar-refractivity contribution in [3.63, 3.8) is 0 Å². The Morgan fingerprint density at radius 3 is 2.62 bits per heavy atom. The molecule has 0 unspecified atom stereocenters. The Labute approximate surface area is 99.9 Å². The molecule has 2 nitrogen and oxygen atoms in total. The minimum Gasteiger partial charge on any atom is -0.477 e. The van der Waals surface area contributed by atoms with Crippen LogP contribution in [-0.4, -0.2) is 11.1 Å². The van der Waals surface area contributed by atoms with Crippen molar-refractivity contribution in [3.05, 3.63) is 46.0 Å². The quantitative estimate of drug-likeness (QED) is 0.885. The zero-order valence-corrected chi connectivity index (χ0v) is 9.48. The van der Waals surface area contributed by atoms with Crippen LogP contribution in [0.2, 0.25) is 5.02 Å². The first kappa shape index (κ1) is 11.1. The van der Waals surface area contributed by atoms with Gasteiger partial charge in [-0.25, -0.2) is 9.18 Å². The van der Waals surface area contributed by atoms with Crippen LogP contribution >= 0.6 is 22.9 Å². The summed E-state index contributed by atoms with van der Waals surface area (Å²) in [4.78, 5) is 11.6. The Hall–Kier alpha value is -1.39. The minimum absolute atomic E-state index is 0.232. The van der Waals surface area contributed by atoms with E-state index in [-0.39, 0.29) is 9.90 Å². The van der Waals surface area contributed by atoms with E-state index in [4.69, 9.17) is 16.7 Å². The van der Waals surface area contributed by atoms with E-state index >= 15 is 0 Å². The predicted molar refractivity (Wildman–Crippen MR) is 61.7 cm³/mol. The molecule has 2 rings (SSSR count). The van der Waals surface area contributed by atoms with Gasteiger partial charge < -0.3 is 5.11 Å². The summed E-state index contributed by atoms with van der Waals surface area (Å²) in [6.07, 6.45) is 0. The number of halogens is 2. The summed E-state index contributed by atoms with van der Waals surface area (Å²) in [7, 11) is 0. The van der Waals surface area contributed by atoms with Crippen molar-refractivity contribution in [2.45, 2.75) is 0 Å². The molecule has 0 aliphatic rings. The largest absolute Gasteiger partial charge is 0.477 e. The van der Waals surface area contributed by atoms with Gasteiger partial charge in [0.15, 0.2) is 0 Å². The second-order valence-electron chi connectivity index (χ2n) is 3.09. The number of carbonyl (C=O) groups is 1. The minimum atomic E-state index is -0.977. The molecule has 1 N–H and O–H groups in total. The van der Waals surface area contributed by atoms with Gasteiger partial charge in [0.1, 0.15) is 10.7 Å². The monoisotopic (exact) mass is 256 g/mol. The molecule has 0 aliphatic carbocycles. The molecule has 82 valence electrons. The van der Waals surface area contributed by atoms with Gasteiger partial charge in [-0.05, 0) is 30.3 Å². The molecule has 2 aromatic rings. The summed E-state index contributed by atoms with van der Waals surface area (Å²) in [6.45, 7) is 0. The van der Waals surface area contributed by atoms with Crippen LogP contribution in [-0.2, 0) is 0 Å². The highest BCUT2D eigenvalue weighted by Crippen LogP contribution is 2.33. The van der Waals surface area contributed by atoms with Gasteiger partial charge in [-0.3, -0.25) is 0 Å². The average molecular weight is 257 g/mol. The van der Waals surface area contributed by atoms with Crippen molar-refractivity contribution < 1.29 is 14.3 Å². The molecule has 1 aromatic carbocycles. The number of rotatable bonds is 2. The Balaban J connectivity index is 2.46. The Morgan fingerprint density at radius 2 is 2.06 bits per heavy atom. The molecule has 0 spiro atoms. The SMILES string of the molecule is O=C(O)c1ccc(-c2ccc(F)cc2Cl)s1. The third-order valence-corrected chi connectivity index (χ3v) is 3.43. The highest BCUT2D eigenvalue weighted by Gasteiger charge is 2.11. The van der Waals surface area contributed by atoms with E-state index in [1.54, 1.807) is 6.07 Å². The topological polar surface area (TPSA) is 37.3 Å². The molecule has 0 aliphatic heterocycles. The first-order chi connectivity index (χ1) is 7.58. The molecule has 0 radical (unpaired) electrons. The molecule has 0 fully saturated rings. The number of aromatic carboxylic acids is 1. The van der Waals surface area contributed by atoms with Crippen LogP contribution < -0.4 is 0 Å². The van der Waals surface area contributed by atoms with Crippen LogP contribution in [0.1, 0.15) is 9.67 Å². The fraction of sp³-hybridized carbons (Fsp3) is 0. The summed E-state index contributed by atoms with van der Waals surface area (Å²) in [5.41, 5.74) is 0.639. The smallest absolute Gasteiger partial charge is 0.345 e. The molecule has 0 bridgehead atoms. The molecule has 5 heteroatoms. The Bertz CT molecular complexity index is 551. The van der Waals surface area contributed by atoms with Crippen LogP contribution in [0.15, 0.2) is 30.3 Å². The number of carboxylic acid groups (broad SMARTS) is 1. The van der Waals surface area contributed by atoms with Crippen molar-refractivity contribution in [3.8, 4) is 10.4 Å². The lowest BCUT2D eigenvalue weighted by Gasteiger charge is -2.00. The molecule has 1 heterocycles. The van der Waals surface area contributed by atoms with Crippen LogP contribution in [0.3, 0.4) is 0 Å². The van der Waals surface area contributed by atoms with Gasteiger partial charge in [0.25, 0.3) is 0 Å². The molecule has 0 saturated heterocycles. The molecule has 0 amide bonds. The molecular formula is C11H6ClFO2S. The fourth-order valence-electron chi connectivity index (χ4n) is 1.29. The number of thiophene rings is 1. The van der Waals surface area contributed by atoms with Gasteiger partial charge in [-0.1, -0.05) is 11.6 Å². The van der Waals surface area contributed by atoms with Crippen molar-refractivity contribution >= 4 is 28.9 Å². The van der Waals surface area contributed by atoms with Crippen LogP contribution in [0.25, 0.3) is 10.4 Å². The van der Waals surface area contributed by atoms with Crippen LogP contribution in [0, 0.1) is 5.82 Å². The number of carboxylic acids is 1. The normalized spacial score (nSPS) is 10.4. The first-order valence-electron chi connectivity index (χ1n) is 4.36. The van der Waals surface area contributed by atoms with Crippen molar-refractivity contribution in [1.29, 1.82) is 0 Å². The van der Waals surface area contributed by atoms with Gasteiger partial charge >= 0.3 is 5.97 Å². The summed E-state index contributed by atoms with van der Waals surface area (Å²) in [5.74, 6) is -1.39. The van der Waals surface area contributed by atoms with Crippen molar-refractivity contribution in [2.75, 3.05) is 0 Å². The maximum atomic E-state index is 12.8. The van der Waals surface area contributed by atoms with E-state index in [1.165, 1.54) is 24.3 Å².